The van der Waals surface area contributed by atoms with Crippen LogP contribution in [-0.4, -0.2) is 16.9 Å². The highest BCUT2D eigenvalue weighted by molar-refractivity contribution is 6.00. The van der Waals surface area contributed by atoms with Gasteiger partial charge in [-0.05, 0) is 25.2 Å². The van der Waals surface area contributed by atoms with Gasteiger partial charge in [-0.25, -0.2) is 0 Å². The van der Waals surface area contributed by atoms with Crippen LogP contribution in [0.1, 0.15) is 33.1 Å². The molecule has 1 amide bonds. The fourth-order valence-electron chi connectivity index (χ4n) is 2.88. The number of amides is 1. The fourth-order valence-corrected chi connectivity index (χ4v) is 2.88. The van der Waals surface area contributed by atoms with Gasteiger partial charge in [-0.15, -0.1) is 0 Å². The minimum Gasteiger partial charge on any atom is -0.460 e. The third kappa shape index (κ3) is 2.48. The molecule has 0 radical (unpaired) electrons. The molecule has 0 bridgehead atoms. The minimum absolute atomic E-state index is 0.111. The molecule has 0 spiro atoms. The summed E-state index contributed by atoms with van der Waals surface area (Å²) in [6.07, 6.45) is 6.83. The van der Waals surface area contributed by atoms with Gasteiger partial charge in [-0.2, -0.15) is 0 Å². The lowest BCUT2D eigenvalue weighted by atomic mass is 10.1. The second-order valence-corrected chi connectivity index (χ2v) is 5.62. The average Bonchev–Trinajstić information content (AvgIpc) is 3.00. The SMILES string of the molecule is CC(=O)Nc1cnc2ccoc2c1NC1CCC(C)C1. The highest BCUT2D eigenvalue weighted by atomic mass is 16.3. The van der Waals surface area contributed by atoms with Crippen molar-refractivity contribution >= 4 is 28.4 Å². The van der Waals surface area contributed by atoms with Crippen molar-refractivity contribution in [2.75, 3.05) is 10.6 Å². The van der Waals surface area contributed by atoms with E-state index in [0.29, 0.717) is 17.3 Å². The summed E-state index contributed by atoms with van der Waals surface area (Å²) >= 11 is 0. The lowest BCUT2D eigenvalue weighted by Gasteiger charge is -2.17. The van der Waals surface area contributed by atoms with Crippen molar-refractivity contribution in [2.24, 2.45) is 5.92 Å². The van der Waals surface area contributed by atoms with E-state index in [1.54, 1.807) is 12.5 Å². The van der Waals surface area contributed by atoms with E-state index in [9.17, 15) is 4.79 Å². The van der Waals surface area contributed by atoms with Crippen molar-refractivity contribution in [2.45, 2.75) is 39.2 Å². The highest BCUT2D eigenvalue weighted by Crippen LogP contribution is 2.34. The maximum absolute atomic E-state index is 11.3. The molecule has 1 aliphatic rings. The van der Waals surface area contributed by atoms with Gasteiger partial charge >= 0.3 is 0 Å². The Labute approximate surface area is 117 Å². The van der Waals surface area contributed by atoms with Crippen LogP contribution in [0.15, 0.2) is 22.9 Å². The molecular formula is C15H19N3O2. The molecule has 106 valence electrons. The maximum atomic E-state index is 11.3. The van der Waals surface area contributed by atoms with E-state index in [4.69, 9.17) is 4.42 Å². The molecule has 2 N–H and O–H groups in total. The summed E-state index contributed by atoms with van der Waals surface area (Å²) in [7, 11) is 0. The third-order valence-electron chi connectivity index (χ3n) is 3.83. The largest absolute Gasteiger partial charge is 0.460 e. The Morgan fingerprint density at radius 3 is 3.00 bits per heavy atom. The van der Waals surface area contributed by atoms with Crippen molar-refractivity contribution in [3.63, 3.8) is 0 Å². The first-order valence-corrected chi connectivity index (χ1v) is 7.04. The Balaban J connectivity index is 1.96. The zero-order valence-corrected chi connectivity index (χ0v) is 11.8. The standard InChI is InChI=1S/C15H19N3O2/c1-9-3-4-11(7-9)18-14-13(17-10(2)19)8-16-12-5-6-20-15(12)14/h5-6,8-9,11H,3-4,7H2,1-2H3,(H,16,18)(H,17,19). The van der Waals surface area contributed by atoms with Crippen molar-refractivity contribution in [3.05, 3.63) is 18.5 Å². The molecule has 5 nitrogen and oxygen atoms in total. The summed E-state index contributed by atoms with van der Waals surface area (Å²) in [6.45, 7) is 3.76. The van der Waals surface area contributed by atoms with E-state index in [1.165, 1.54) is 13.3 Å². The molecule has 20 heavy (non-hydrogen) atoms. The van der Waals surface area contributed by atoms with Crippen LogP contribution in [0, 0.1) is 5.92 Å². The molecule has 2 unspecified atom stereocenters. The molecule has 1 saturated carbocycles. The second kappa shape index (κ2) is 5.15. The molecule has 5 heteroatoms. The number of anilines is 2. The third-order valence-corrected chi connectivity index (χ3v) is 3.83. The van der Waals surface area contributed by atoms with E-state index >= 15 is 0 Å². The first kappa shape index (κ1) is 13.0. The number of furan rings is 1. The van der Waals surface area contributed by atoms with E-state index in [1.807, 2.05) is 6.07 Å². The van der Waals surface area contributed by atoms with Gasteiger partial charge in [-0.3, -0.25) is 9.78 Å². The van der Waals surface area contributed by atoms with Gasteiger partial charge in [0.25, 0.3) is 0 Å². The molecule has 0 aliphatic heterocycles. The molecule has 0 saturated heterocycles. The lowest BCUT2D eigenvalue weighted by molar-refractivity contribution is -0.114. The smallest absolute Gasteiger partial charge is 0.221 e. The average molecular weight is 273 g/mol. The predicted octanol–water partition coefficient (Wildman–Crippen LogP) is 3.39. The van der Waals surface area contributed by atoms with Crippen LogP contribution in [-0.2, 0) is 4.79 Å². The van der Waals surface area contributed by atoms with Crippen LogP contribution in [0.3, 0.4) is 0 Å². The molecule has 2 aromatic rings. The van der Waals surface area contributed by atoms with Gasteiger partial charge < -0.3 is 15.1 Å². The normalized spacial score (nSPS) is 22.1. The number of hydrogen-bond donors (Lipinski definition) is 2. The second-order valence-electron chi connectivity index (χ2n) is 5.62. The van der Waals surface area contributed by atoms with E-state index in [2.05, 4.69) is 22.5 Å². The number of nitrogens with zero attached hydrogens (tertiary/aromatic N) is 1. The summed E-state index contributed by atoms with van der Waals surface area (Å²) < 4.78 is 5.53. The van der Waals surface area contributed by atoms with Gasteiger partial charge in [0.1, 0.15) is 11.2 Å². The Morgan fingerprint density at radius 2 is 2.30 bits per heavy atom. The summed E-state index contributed by atoms with van der Waals surface area (Å²) in [5, 5.41) is 6.34. The fraction of sp³-hybridized carbons (Fsp3) is 0.467. The predicted molar refractivity (Wildman–Crippen MR) is 78.7 cm³/mol. The first-order valence-electron chi connectivity index (χ1n) is 7.04. The first-order chi connectivity index (χ1) is 9.63. The summed E-state index contributed by atoms with van der Waals surface area (Å²) in [4.78, 5) is 15.6. The number of rotatable bonds is 3. The molecule has 1 aliphatic carbocycles. The molecular weight excluding hydrogens is 254 g/mol. The van der Waals surface area contributed by atoms with Gasteiger partial charge in [-0.1, -0.05) is 6.92 Å². The van der Waals surface area contributed by atoms with Crippen molar-refractivity contribution < 1.29 is 9.21 Å². The van der Waals surface area contributed by atoms with Crippen LogP contribution < -0.4 is 10.6 Å². The van der Waals surface area contributed by atoms with Crippen LogP contribution in [0.2, 0.25) is 0 Å². The highest BCUT2D eigenvalue weighted by Gasteiger charge is 2.23. The van der Waals surface area contributed by atoms with Gasteiger partial charge in [0.15, 0.2) is 5.58 Å². The Bertz CT molecular complexity index is 635. The molecule has 2 atom stereocenters. The van der Waals surface area contributed by atoms with Crippen molar-refractivity contribution in [3.8, 4) is 0 Å². The number of hydrogen-bond acceptors (Lipinski definition) is 4. The molecule has 3 rings (SSSR count). The van der Waals surface area contributed by atoms with Gasteiger partial charge in [0.05, 0.1) is 18.1 Å². The Kier molecular flexibility index (Phi) is 3.34. The molecule has 1 fully saturated rings. The maximum Gasteiger partial charge on any atom is 0.221 e. The number of carbonyl (C=O) groups excluding carboxylic acids is 1. The van der Waals surface area contributed by atoms with Crippen LogP contribution in [0.25, 0.3) is 11.1 Å². The summed E-state index contributed by atoms with van der Waals surface area (Å²) in [5.74, 6) is 0.631. The van der Waals surface area contributed by atoms with Gasteiger partial charge in [0.2, 0.25) is 5.91 Å². The zero-order chi connectivity index (χ0) is 14.1. The topological polar surface area (TPSA) is 67.2 Å². The number of pyridine rings is 1. The van der Waals surface area contributed by atoms with E-state index in [0.717, 1.165) is 30.0 Å². The van der Waals surface area contributed by atoms with E-state index in [-0.39, 0.29) is 5.91 Å². The lowest BCUT2D eigenvalue weighted by Crippen LogP contribution is -2.18. The summed E-state index contributed by atoms with van der Waals surface area (Å²) in [5.41, 5.74) is 3.03. The van der Waals surface area contributed by atoms with Crippen molar-refractivity contribution in [1.82, 2.24) is 4.98 Å². The van der Waals surface area contributed by atoms with Crippen LogP contribution >= 0.6 is 0 Å². The zero-order valence-electron chi connectivity index (χ0n) is 11.8. The van der Waals surface area contributed by atoms with Crippen molar-refractivity contribution in [1.29, 1.82) is 0 Å². The molecule has 2 heterocycles. The number of nitrogens with one attached hydrogen (secondary N) is 2. The number of aromatic nitrogens is 1. The summed E-state index contributed by atoms with van der Waals surface area (Å²) in [6, 6.07) is 2.25. The molecule has 0 aromatic carbocycles. The van der Waals surface area contributed by atoms with Gasteiger partial charge in [0, 0.05) is 19.0 Å². The Morgan fingerprint density at radius 1 is 1.45 bits per heavy atom. The number of carbonyl (C=O) groups is 1. The minimum atomic E-state index is -0.111. The Hall–Kier alpha value is -2.04. The number of fused-ring (bicyclic) bond motifs is 1. The quantitative estimate of drug-likeness (QED) is 0.899. The monoisotopic (exact) mass is 273 g/mol. The van der Waals surface area contributed by atoms with Crippen LogP contribution in [0.5, 0.6) is 0 Å². The van der Waals surface area contributed by atoms with E-state index < -0.39 is 0 Å². The van der Waals surface area contributed by atoms with Crippen LogP contribution in [0.4, 0.5) is 11.4 Å². The molecule has 2 aromatic heterocycles.